The molecule has 1 N–H and O–H groups in total. The third-order valence-corrected chi connectivity index (χ3v) is 5.61. The van der Waals surface area contributed by atoms with Gasteiger partial charge in [-0.1, -0.05) is 23.7 Å². The van der Waals surface area contributed by atoms with E-state index in [1.54, 1.807) is 42.5 Å². The smallest absolute Gasteiger partial charge is 0.307 e. The molecule has 2 atom stereocenters. The zero-order valence-corrected chi connectivity index (χ0v) is 18.8. The molecule has 2 aromatic rings. The van der Waals surface area contributed by atoms with Crippen LogP contribution in [0.1, 0.15) is 24.4 Å². The van der Waals surface area contributed by atoms with Crippen molar-refractivity contribution in [1.29, 1.82) is 0 Å². The number of carbonyl (C=O) groups excluding carboxylic acids is 3. The summed E-state index contributed by atoms with van der Waals surface area (Å²) in [7, 11) is 4.34. The van der Waals surface area contributed by atoms with Gasteiger partial charge in [0.05, 0.1) is 45.4 Å². The van der Waals surface area contributed by atoms with E-state index in [-0.39, 0.29) is 31.2 Å². The van der Waals surface area contributed by atoms with Crippen LogP contribution in [0.25, 0.3) is 0 Å². The normalized spacial score (nSPS) is 16.4. The summed E-state index contributed by atoms with van der Waals surface area (Å²) in [6.07, 6.45) is -0.00425. The summed E-state index contributed by atoms with van der Waals surface area (Å²) in [5.41, 5.74) is 1.25. The third-order valence-electron chi connectivity index (χ3n) is 5.36. The minimum atomic E-state index is -0.609. The standard InChI is InChI=1S/C23H25ClN2O6/c1-30-17-8-9-20(31-2)19(11-17)26-13-15(10-21(26)27)23(29)25-18(12-22(28)32-3)14-4-6-16(24)7-5-14/h4-9,11,15,18H,10,12-13H2,1-3H3,(H,25,29). The van der Waals surface area contributed by atoms with E-state index in [4.69, 9.17) is 25.8 Å². The Morgan fingerprint density at radius 2 is 1.84 bits per heavy atom. The van der Waals surface area contributed by atoms with Crippen molar-refractivity contribution >= 4 is 35.1 Å². The minimum Gasteiger partial charge on any atom is -0.497 e. The summed E-state index contributed by atoms with van der Waals surface area (Å²) in [5, 5.41) is 3.43. The fourth-order valence-electron chi connectivity index (χ4n) is 3.61. The van der Waals surface area contributed by atoms with E-state index >= 15 is 0 Å². The van der Waals surface area contributed by atoms with Gasteiger partial charge in [0, 0.05) is 24.1 Å². The molecule has 2 amide bonds. The molecule has 0 aliphatic carbocycles. The maximum atomic E-state index is 13.0. The van der Waals surface area contributed by atoms with Crippen LogP contribution in [-0.2, 0) is 19.1 Å². The van der Waals surface area contributed by atoms with Crippen LogP contribution in [-0.4, -0.2) is 45.7 Å². The van der Waals surface area contributed by atoms with Gasteiger partial charge in [0.15, 0.2) is 0 Å². The van der Waals surface area contributed by atoms with Gasteiger partial charge in [0.1, 0.15) is 11.5 Å². The second kappa shape index (κ2) is 10.4. The van der Waals surface area contributed by atoms with E-state index in [0.29, 0.717) is 27.8 Å². The van der Waals surface area contributed by atoms with Gasteiger partial charge in [0.25, 0.3) is 0 Å². The van der Waals surface area contributed by atoms with E-state index in [0.717, 1.165) is 0 Å². The Morgan fingerprint density at radius 3 is 2.47 bits per heavy atom. The summed E-state index contributed by atoms with van der Waals surface area (Å²) in [6.45, 7) is 0.180. The molecule has 0 radical (unpaired) electrons. The molecule has 170 valence electrons. The summed E-state index contributed by atoms with van der Waals surface area (Å²) < 4.78 is 15.4. The van der Waals surface area contributed by atoms with Gasteiger partial charge in [0.2, 0.25) is 11.8 Å². The molecule has 1 aliphatic heterocycles. The quantitative estimate of drug-likeness (QED) is 0.608. The van der Waals surface area contributed by atoms with Gasteiger partial charge in [-0.25, -0.2) is 0 Å². The Hall–Kier alpha value is -3.26. The molecular formula is C23H25ClN2O6. The molecule has 0 aromatic heterocycles. The van der Waals surface area contributed by atoms with Gasteiger partial charge < -0.3 is 24.4 Å². The molecule has 0 saturated carbocycles. The number of carbonyl (C=O) groups is 3. The van der Waals surface area contributed by atoms with Gasteiger partial charge in [-0.15, -0.1) is 0 Å². The van der Waals surface area contributed by atoms with E-state index in [9.17, 15) is 14.4 Å². The summed E-state index contributed by atoms with van der Waals surface area (Å²) >= 11 is 5.95. The first-order valence-corrected chi connectivity index (χ1v) is 10.4. The molecule has 2 aromatic carbocycles. The summed E-state index contributed by atoms with van der Waals surface area (Å²) in [4.78, 5) is 39.2. The van der Waals surface area contributed by atoms with Crippen molar-refractivity contribution in [3.8, 4) is 11.5 Å². The molecule has 1 fully saturated rings. The highest BCUT2D eigenvalue weighted by Gasteiger charge is 2.37. The molecule has 8 nitrogen and oxygen atoms in total. The van der Waals surface area contributed by atoms with Crippen LogP contribution in [0.2, 0.25) is 5.02 Å². The first kappa shape index (κ1) is 23.4. The fourth-order valence-corrected chi connectivity index (χ4v) is 3.74. The molecule has 1 heterocycles. The van der Waals surface area contributed by atoms with Crippen LogP contribution in [0.3, 0.4) is 0 Å². The van der Waals surface area contributed by atoms with Crippen molar-refractivity contribution in [2.75, 3.05) is 32.8 Å². The van der Waals surface area contributed by atoms with Crippen LogP contribution >= 0.6 is 11.6 Å². The van der Waals surface area contributed by atoms with Crippen LogP contribution in [0.15, 0.2) is 42.5 Å². The van der Waals surface area contributed by atoms with Crippen molar-refractivity contribution in [2.45, 2.75) is 18.9 Å². The van der Waals surface area contributed by atoms with Gasteiger partial charge in [-0.05, 0) is 29.8 Å². The first-order chi connectivity index (χ1) is 15.4. The highest BCUT2D eigenvalue weighted by atomic mass is 35.5. The molecule has 9 heteroatoms. The summed E-state index contributed by atoms with van der Waals surface area (Å²) in [5.74, 6) is -0.507. The number of esters is 1. The molecule has 0 spiro atoms. The zero-order valence-electron chi connectivity index (χ0n) is 18.1. The highest BCUT2D eigenvalue weighted by Crippen LogP contribution is 2.36. The number of hydrogen-bond donors (Lipinski definition) is 1. The number of hydrogen-bond acceptors (Lipinski definition) is 6. The lowest BCUT2D eigenvalue weighted by atomic mass is 10.0. The molecule has 1 aliphatic rings. The van der Waals surface area contributed by atoms with Crippen molar-refractivity contribution in [3.05, 3.63) is 53.1 Å². The lowest BCUT2D eigenvalue weighted by molar-refractivity contribution is -0.141. The lowest BCUT2D eigenvalue weighted by Gasteiger charge is -2.22. The SMILES string of the molecule is COC(=O)CC(NC(=O)C1CC(=O)N(c2cc(OC)ccc2OC)C1)c1ccc(Cl)cc1. The summed E-state index contributed by atoms with van der Waals surface area (Å²) in [6, 6.07) is 11.4. The van der Waals surface area contributed by atoms with Gasteiger partial charge >= 0.3 is 5.97 Å². The largest absolute Gasteiger partial charge is 0.497 e. The Labute approximate surface area is 191 Å². The number of ether oxygens (including phenoxy) is 3. The molecule has 32 heavy (non-hydrogen) atoms. The van der Waals surface area contributed by atoms with E-state index in [1.807, 2.05) is 0 Å². The number of anilines is 1. The fraction of sp³-hybridized carbons (Fsp3) is 0.348. The number of amides is 2. The number of benzene rings is 2. The van der Waals surface area contributed by atoms with E-state index in [2.05, 4.69) is 5.32 Å². The second-order valence-electron chi connectivity index (χ2n) is 7.34. The Morgan fingerprint density at radius 1 is 1.12 bits per heavy atom. The van der Waals surface area contributed by atoms with Crippen molar-refractivity contribution < 1.29 is 28.6 Å². The Bertz CT molecular complexity index is 994. The van der Waals surface area contributed by atoms with E-state index < -0.39 is 17.9 Å². The third kappa shape index (κ3) is 5.31. The van der Waals surface area contributed by atoms with Crippen molar-refractivity contribution in [1.82, 2.24) is 5.32 Å². The molecule has 2 unspecified atom stereocenters. The van der Waals surface area contributed by atoms with Crippen LogP contribution < -0.4 is 19.7 Å². The Balaban J connectivity index is 1.78. The number of nitrogens with one attached hydrogen (secondary N) is 1. The van der Waals surface area contributed by atoms with Gasteiger partial charge in [-0.2, -0.15) is 0 Å². The van der Waals surface area contributed by atoms with E-state index in [1.165, 1.54) is 26.2 Å². The average Bonchev–Trinajstić information content (AvgIpc) is 3.20. The molecule has 0 bridgehead atoms. The number of methoxy groups -OCH3 is 3. The maximum Gasteiger partial charge on any atom is 0.307 e. The molecule has 3 rings (SSSR count). The lowest BCUT2D eigenvalue weighted by Crippen LogP contribution is -2.36. The predicted molar refractivity (Wildman–Crippen MR) is 119 cm³/mol. The monoisotopic (exact) mass is 460 g/mol. The minimum absolute atomic E-state index is 0.0394. The maximum absolute atomic E-state index is 13.0. The predicted octanol–water partition coefficient (Wildman–Crippen LogP) is 3.13. The second-order valence-corrected chi connectivity index (χ2v) is 7.77. The van der Waals surface area contributed by atoms with Gasteiger partial charge in [-0.3, -0.25) is 14.4 Å². The molecular weight excluding hydrogens is 436 g/mol. The van der Waals surface area contributed by atoms with Crippen LogP contribution in [0, 0.1) is 5.92 Å². The van der Waals surface area contributed by atoms with Crippen LogP contribution in [0.5, 0.6) is 11.5 Å². The highest BCUT2D eigenvalue weighted by molar-refractivity contribution is 6.30. The van der Waals surface area contributed by atoms with Crippen molar-refractivity contribution in [3.63, 3.8) is 0 Å². The number of nitrogens with zero attached hydrogens (tertiary/aromatic N) is 1. The number of rotatable bonds is 8. The molecule has 1 saturated heterocycles. The van der Waals surface area contributed by atoms with Crippen molar-refractivity contribution in [2.24, 2.45) is 5.92 Å². The zero-order chi connectivity index (χ0) is 23.3. The number of halogens is 1. The average molecular weight is 461 g/mol. The first-order valence-electron chi connectivity index (χ1n) is 10.0. The van der Waals surface area contributed by atoms with Crippen LogP contribution in [0.4, 0.5) is 5.69 Å². The topological polar surface area (TPSA) is 94.2 Å². The Kier molecular flexibility index (Phi) is 7.58.